The maximum absolute atomic E-state index is 12.9. The van der Waals surface area contributed by atoms with Crippen molar-refractivity contribution < 1.29 is 9.21 Å². The normalized spacial score (nSPS) is 15.8. The number of hydrogen-bond acceptors (Lipinski definition) is 2. The molecule has 0 saturated carbocycles. The van der Waals surface area contributed by atoms with Crippen LogP contribution in [0.2, 0.25) is 0 Å². The Morgan fingerprint density at radius 1 is 1.00 bits per heavy atom. The fourth-order valence-corrected chi connectivity index (χ4v) is 3.66. The highest BCUT2D eigenvalue weighted by Gasteiger charge is 2.27. The van der Waals surface area contributed by atoms with Gasteiger partial charge in [-0.2, -0.15) is 0 Å². The van der Waals surface area contributed by atoms with Crippen molar-refractivity contribution >= 4 is 16.9 Å². The molecule has 0 unspecified atom stereocenters. The van der Waals surface area contributed by atoms with Gasteiger partial charge >= 0.3 is 0 Å². The average molecular weight is 319 g/mol. The highest BCUT2D eigenvalue weighted by atomic mass is 16.3. The molecule has 0 spiro atoms. The fourth-order valence-electron chi connectivity index (χ4n) is 3.66. The number of para-hydroxylation sites is 1. The zero-order chi connectivity index (χ0) is 16.5. The van der Waals surface area contributed by atoms with Gasteiger partial charge in [0.2, 0.25) is 0 Å². The molecule has 3 aromatic rings. The van der Waals surface area contributed by atoms with Crippen LogP contribution >= 0.6 is 0 Å². The zero-order valence-corrected chi connectivity index (χ0v) is 13.9. The van der Waals surface area contributed by atoms with Gasteiger partial charge in [-0.05, 0) is 37.3 Å². The van der Waals surface area contributed by atoms with Crippen molar-refractivity contribution in [1.82, 2.24) is 4.90 Å². The van der Waals surface area contributed by atoms with Crippen molar-refractivity contribution in [2.24, 2.45) is 0 Å². The maximum atomic E-state index is 12.9. The molecule has 1 saturated heterocycles. The number of piperidine rings is 1. The lowest BCUT2D eigenvalue weighted by Crippen LogP contribution is -2.38. The summed E-state index contributed by atoms with van der Waals surface area (Å²) in [4.78, 5) is 14.8. The molecule has 0 radical (unpaired) electrons. The first-order chi connectivity index (χ1) is 11.7. The summed E-state index contributed by atoms with van der Waals surface area (Å²) >= 11 is 0. The third kappa shape index (κ3) is 2.60. The smallest absolute Gasteiger partial charge is 0.289 e. The van der Waals surface area contributed by atoms with Gasteiger partial charge in [-0.25, -0.2) is 0 Å². The molecule has 0 bridgehead atoms. The van der Waals surface area contributed by atoms with Crippen LogP contribution < -0.4 is 0 Å². The van der Waals surface area contributed by atoms with E-state index in [1.54, 1.807) is 0 Å². The Morgan fingerprint density at radius 3 is 2.38 bits per heavy atom. The summed E-state index contributed by atoms with van der Waals surface area (Å²) < 4.78 is 5.83. The van der Waals surface area contributed by atoms with Crippen molar-refractivity contribution in [2.75, 3.05) is 13.1 Å². The number of furan rings is 1. The second-order valence-corrected chi connectivity index (χ2v) is 6.53. The van der Waals surface area contributed by atoms with Gasteiger partial charge < -0.3 is 9.32 Å². The van der Waals surface area contributed by atoms with Gasteiger partial charge in [0.05, 0.1) is 0 Å². The van der Waals surface area contributed by atoms with Crippen molar-refractivity contribution in [3.63, 3.8) is 0 Å². The minimum atomic E-state index is 0.0233. The molecule has 4 rings (SSSR count). The first kappa shape index (κ1) is 15.0. The second-order valence-electron chi connectivity index (χ2n) is 6.53. The predicted molar refractivity (Wildman–Crippen MR) is 95.3 cm³/mol. The maximum Gasteiger partial charge on any atom is 0.289 e. The number of carbonyl (C=O) groups excluding carboxylic acids is 1. The number of carbonyl (C=O) groups is 1. The van der Waals surface area contributed by atoms with E-state index < -0.39 is 0 Å². The van der Waals surface area contributed by atoms with Crippen LogP contribution in [0.15, 0.2) is 59.0 Å². The lowest BCUT2D eigenvalue weighted by Gasteiger charge is -2.31. The third-order valence-corrected chi connectivity index (χ3v) is 5.09. The SMILES string of the molecule is Cc1c(C(=O)N2CCC(c3ccccc3)CC2)oc2ccccc12. The standard InChI is InChI=1S/C21H21NO2/c1-15-18-9-5-6-10-19(18)24-20(15)21(23)22-13-11-17(12-14-22)16-7-3-2-4-8-16/h2-10,17H,11-14H2,1H3. The number of aryl methyl sites for hydroxylation is 1. The molecule has 1 aromatic heterocycles. The quantitative estimate of drug-likeness (QED) is 0.682. The van der Waals surface area contributed by atoms with E-state index in [9.17, 15) is 4.79 Å². The van der Waals surface area contributed by atoms with Gasteiger partial charge in [-0.1, -0.05) is 48.5 Å². The van der Waals surface area contributed by atoms with Gasteiger partial charge in [-0.3, -0.25) is 4.79 Å². The highest BCUT2D eigenvalue weighted by Crippen LogP contribution is 2.30. The molecule has 0 N–H and O–H groups in total. The molecule has 122 valence electrons. The van der Waals surface area contributed by atoms with E-state index in [-0.39, 0.29) is 5.91 Å². The van der Waals surface area contributed by atoms with Crippen molar-refractivity contribution in [3.8, 4) is 0 Å². The second kappa shape index (κ2) is 6.16. The Hall–Kier alpha value is -2.55. The monoisotopic (exact) mass is 319 g/mol. The molecule has 1 aliphatic heterocycles. The average Bonchev–Trinajstić information content (AvgIpc) is 2.99. The molecule has 1 aliphatic rings. The summed E-state index contributed by atoms with van der Waals surface area (Å²) in [6.07, 6.45) is 2.02. The molecule has 3 heteroatoms. The number of likely N-dealkylation sites (tertiary alicyclic amines) is 1. The Balaban J connectivity index is 1.51. The first-order valence-corrected chi connectivity index (χ1v) is 8.56. The number of nitrogens with zero attached hydrogens (tertiary/aromatic N) is 1. The summed E-state index contributed by atoms with van der Waals surface area (Å²) in [6.45, 7) is 3.54. The first-order valence-electron chi connectivity index (χ1n) is 8.56. The van der Waals surface area contributed by atoms with Gasteiger partial charge in [0.1, 0.15) is 5.58 Å². The van der Waals surface area contributed by atoms with Crippen LogP contribution in [0.3, 0.4) is 0 Å². The van der Waals surface area contributed by atoms with E-state index in [4.69, 9.17) is 4.42 Å². The van der Waals surface area contributed by atoms with Gasteiger partial charge in [0.15, 0.2) is 5.76 Å². The summed E-state index contributed by atoms with van der Waals surface area (Å²) in [7, 11) is 0. The topological polar surface area (TPSA) is 33.5 Å². The number of hydrogen-bond donors (Lipinski definition) is 0. The van der Waals surface area contributed by atoms with Crippen LogP contribution in [-0.2, 0) is 0 Å². The summed E-state index contributed by atoms with van der Waals surface area (Å²) in [5.74, 6) is 1.07. The predicted octanol–water partition coefficient (Wildman–Crippen LogP) is 4.76. The summed E-state index contributed by atoms with van der Waals surface area (Å²) in [5.41, 5.74) is 3.11. The van der Waals surface area contributed by atoms with E-state index >= 15 is 0 Å². The number of amides is 1. The molecule has 3 nitrogen and oxygen atoms in total. The van der Waals surface area contributed by atoms with E-state index in [0.717, 1.165) is 42.5 Å². The largest absolute Gasteiger partial charge is 0.451 e. The Bertz CT molecular complexity index is 858. The van der Waals surface area contributed by atoms with E-state index in [1.807, 2.05) is 42.2 Å². The Labute approximate surface area is 141 Å². The van der Waals surface area contributed by atoms with Crippen molar-refractivity contribution in [3.05, 3.63) is 71.5 Å². The minimum Gasteiger partial charge on any atom is -0.451 e. The Morgan fingerprint density at radius 2 is 1.67 bits per heavy atom. The number of rotatable bonds is 2. The number of fused-ring (bicyclic) bond motifs is 1. The van der Waals surface area contributed by atoms with Gasteiger partial charge in [0, 0.05) is 24.0 Å². The molecule has 2 aromatic carbocycles. The van der Waals surface area contributed by atoms with E-state index in [1.165, 1.54) is 5.56 Å². The van der Waals surface area contributed by atoms with Crippen molar-refractivity contribution in [1.29, 1.82) is 0 Å². The van der Waals surface area contributed by atoms with Crippen LogP contribution in [0.1, 0.15) is 40.4 Å². The van der Waals surface area contributed by atoms with Crippen molar-refractivity contribution in [2.45, 2.75) is 25.7 Å². The molecule has 2 heterocycles. The van der Waals surface area contributed by atoms with E-state index in [0.29, 0.717) is 11.7 Å². The molecule has 24 heavy (non-hydrogen) atoms. The lowest BCUT2D eigenvalue weighted by atomic mass is 9.89. The van der Waals surface area contributed by atoms with Gasteiger partial charge in [-0.15, -0.1) is 0 Å². The highest BCUT2D eigenvalue weighted by molar-refractivity contribution is 5.98. The van der Waals surface area contributed by atoms with Crippen LogP contribution in [0, 0.1) is 6.92 Å². The molecule has 1 fully saturated rings. The molecular formula is C21H21NO2. The minimum absolute atomic E-state index is 0.0233. The van der Waals surface area contributed by atoms with Crippen LogP contribution in [-0.4, -0.2) is 23.9 Å². The van der Waals surface area contributed by atoms with E-state index in [2.05, 4.69) is 24.3 Å². The van der Waals surface area contributed by atoms with Crippen LogP contribution in [0.5, 0.6) is 0 Å². The Kier molecular flexibility index (Phi) is 3.85. The summed E-state index contributed by atoms with van der Waals surface area (Å²) in [5, 5.41) is 1.03. The van der Waals surface area contributed by atoms with Gasteiger partial charge in [0.25, 0.3) is 5.91 Å². The summed E-state index contributed by atoms with van der Waals surface area (Å²) in [6, 6.07) is 18.4. The lowest BCUT2D eigenvalue weighted by molar-refractivity contribution is 0.0682. The molecular weight excluding hydrogens is 298 g/mol. The molecule has 0 atom stereocenters. The number of benzene rings is 2. The zero-order valence-electron chi connectivity index (χ0n) is 13.9. The van der Waals surface area contributed by atoms with Crippen LogP contribution in [0.4, 0.5) is 0 Å². The fraction of sp³-hybridized carbons (Fsp3) is 0.286. The van der Waals surface area contributed by atoms with Crippen LogP contribution in [0.25, 0.3) is 11.0 Å². The third-order valence-electron chi connectivity index (χ3n) is 5.09. The molecule has 0 aliphatic carbocycles. The molecule has 1 amide bonds.